The van der Waals surface area contributed by atoms with Crippen molar-refractivity contribution in [3.8, 4) is 11.6 Å². The molecule has 0 unspecified atom stereocenters. The third-order valence-electron chi connectivity index (χ3n) is 4.63. The molecule has 1 aliphatic rings. The van der Waals surface area contributed by atoms with E-state index in [0.29, 0.717) is 35.7 Å². The van der Waals surface area contributed by atoms with Crippen LogP contribution in [0.15, 0.2) is 36.7 Å². The lowest BCUT2D eigenvalue weighted by Crippen LogP contribution is -2.40. The summed E-state index contributed by atoms with van der Waals surface area (Å²) in [4.78, 5) is 19.3. The number of nitrogens with zero attached hydrogens (tertiary/aromatic N) is 2. The number of ether oxygens (including phenoxy) is 3. The Morgan fingerprint density at radius 2 is 2.00 bits per heavy atom. The fourth-order valence-corrected chi connectivity index (χ4v) is 3.28. The van der Waals surface area contributed by atoms with Gasteiger partial charge in [-0.1, -0.05) is 29.8 Å². The fraction of sp³-hybridized carbons (Fsp3) is 0.476. The molecule has 0 saturated heterocycles. The molecule has 0 aliphatic heterocycles. The number of carbonyl (C=O) groups is 1. The second-order valence-electron chi connectivity index (χ2n) is 7.25. The Labute approximate surface area is 175 Å². The van der Waals surface area contributed by atoms with Gasteiger partial charge in [0.25, 0.3) is 0 Å². The third kappa shape index (κ3) is 6.58. The lowest BCUT2D eigenvalue weighted by atomic mass is 9.83. The zero-order valence-electron chi connectivity index (χ0n) is 16.6. The third-order valence-corrected chi connectivity index (χ3v) is 5.01. The van der Waals surface area contributed by atoms with Gasteiger partial charge >= 0.3 is 0 Å². The first-order chi connectivity index (χ1) is 14.0. The molecular formula is C21H26ClN3O4. The molecule has 7 nitrogen and oxygen atoms in total. The van der Waals surface area contributed by atoms with E-state index in [1.54, 1.807) is 0 Å². The molecule has 1 saturated carbocycles. The van der Waals surface area contributed by atoms with Crippen LogP contribution in [0.4, 0.5) is 0 Å². The highest BCUT2D eigenvalue weighted by molar-refractivity contribution is 6.32. The minimum Gasteiger partial charge on any atom is -0.487 e. The molecule has 1 aliphatic carbocycles. The molecule has 1 fully saturated rings. The van der Waals surface area contributed by atoms with Crippen LogP contribution in [-0.2, 0) is 16.1 Å². The molecule has 2 aromatic rings. The number of para-hydroxylation sites is 1. The van der Waals surface area contributed by atoms with Crippen molar-refractivity contribution < 1.29 is 19.0 Å². The Balaban J connectivity index is 1.40. The molecule has 8 heteroatoms. The average Bonchev–Trinajstić information content (AvgIpc) is 2.66. The van der Waals surface area contributed by atoms with Gasteiger partial charge in [0.15, 0.2) is 0 Å². The fourth-order valence-electron chi connectivity index (χ4n) is 3.07. The van der Waals surface area contributed by atoms with Crippen LogP contribution >= 0.6 is 11.6 Å². The van der Waals surface area contributed by atoms with Crippen LogP contribution in [0.5, 0.6) is 11.6 Å². The Morgan fingerprint density at radius 1 is 1.24 bits per heavy atom. The highest BCUT2D eigenvalue weighted by atomic mass is 35.5. The predicted molar refractivity (Wildman–Crippen MR) is 109 cm³/mol. The number of carbonyl (C=O) groups excluding carboxylic acids is 1. The van der Waals surface area contributed by atoms with Crippen LogP contribution in [0.1, 0.15) is 32.4 Å². The van der Waals surface area contributed by atoms with E-state index < -0.39 is 0 Å². The molecule has 0 radical (unpaired) electrons. The van der Waals surface area contributed by atoms with Crippen molar-refractivity contribution in [3.63, 3.8) is 0 Å². The first kappa shape index (κ1) is 21.3. The monoisotopic (exact) mass is 419 g/mol. The minimum absolute atomic E-state index is 0.0131. The van der Waals surface area contributed by atoms with Crippen molar-refractivity contribution in [1.82, 2.24) is 15.3 Å². The summed E-state index contributed by atoms with van der Waals surface area (Å²) in [7, 11) is 0. The zero-order chi connectivity index (χ0) is 20.6. The van der Waals surface area contributed by atoms with E-state index in [4.69, 9.17) is 25.8 Å². The summed E-state index contributed by atoms with van der Waals surface area (Å²) in [5.74, 6) is 1.47. The molecule has 1 N–H and O–H groups in total. The second kappa shape index (κ2) is 10.4. The summed E-state index contributed by atoms with van der Waals surface area (Å²) in [6.45, 7) is 4.71. The Bertz CT molecular complexity index is 800. The summed E-state index contributed by atoms with van der Waals surface area (Å²) >= 11 is 6.39. The van der Waals surface area contributed by atoms with E-state index >= 15 is 0 Å². The Hall–Kier alpha value is -2.38. The molecule has 156 valence electrons. The van der Waals surface area contributed by atoms with E-state index in [1.807, 2.05) is 37.3 Å². The number of hydrogen-bond donors (Lipinski definition) is 1. The quantitative estimate of drug-likeness (QED) is 0.635. The van der Waals surface area contributed by atoms with Gasteiger partial charge in [-0.05, 0) is 37.8 Å². The van der Waals surface area contributed by atoms with E-state index in [1.165, 1.54) is 13.3 Å². The van der Waals surface area contributed by atoms with E-state index in [9.17, 15) is 4.79 Å². The maximum atomic E-state index is 11.0. The van der Waals surface area contributed by atoms with Crippen molar-refractivity contribution in [2.75, 3.05) is 13.2 Å². The SMILES string of the molecule is CC(=O)N[C@@H](C)COC1CC(COc2ncnc(COc3ccccc3)c2Cl)C1. The van der Waals surface area contributed by atoms with E-state index in [2.05, 4.69) is 15.3 Å². The maximum absolute atomic E-state index is 11.0. The maximum Gasteiger partial charge on any atom is 0.236 e. The highest BCUT2D eigenvalue weighted by Crippen LogP contribution is 2.32. The van der Waals surface area contributed by atoms with Crippen molar-refractivity contribution in [2.45, 2.75) is 45.4 Å². The molecule has 1 aromatic heterocycles. The van der Waals surface area contributed by atoms with Crippen molar-refractivity contribution >= 4 is 17.5 Å². The molecule has 0 spiro atoms. The first-order valence-electron chi connectivity index (χ1n) is 9.70. The Morgan fingerprint density at radius 3 is 2.72 bits per heavy atom. The van der Waals surface area contributed by atoms with Gasteiger partial charge in [-0.2, -0.15) is 0 Å². The largest absolute Gasteiger partial charge is 0.487 e. The highest BCUT2D eigenvalue weighted by Gasteiger charge is 2.31. The van der Waals surface area contributed by atoms with Crippen molar-refractivity contribution in [1.29, 1.82) is 0 Å². The van der Waals surface area contributed by atoms with Gasteiger partial charge in [0, 0.05) is 13.0 Å². The van der Waals surface area contributed by atoms with Gasteiger partial charge in [-0.3, -0.25) is 4.79 Å². The van der Waals surface area contributed by atoms with E-state index in [-0.39, 0.29) is 24.7 Å². The normalized spacial score (nSPS) is 19.1. The van der Waals surface area contributed by atoms with Crippen LogP contribution in [-0.4, -0.2) is 41.2 Å². The number of aromatic nitrogens is 2. The molecular weight excluding hydrogens is 394 g/mol. The molecule has 29 heavy (non-hydrogen) atoms. The van der Waals surface area contributed by atoms with Crippen LogP contribution in [0, 0.1) is 5.92 Å². The number of hydrogen-bond acceptors (Lipinski definition) is 6. The minimum atomic E-state index is -0.0451. The van der Waals surface area contributed by atoms with Gasteiger partial charge < -0.3 is 19.5 Å². The first-order valence-corrected chi connectivity index (χ1v) is 10.1. The molecule has 1 heterocycles. The predicted octanol–water partition coefficient (Wildman–Crippen LogP) is 3.41. The number of halogens is 1. The number of rotatable bonds is 10. The molecule has 1 atom stereocenters. The van der Waals surface area contributed by atoms with Gasteiger partial charge in [0.1, 0.15) is 29.4 Å². The van der Waals surface area contributed by atoms with Crippen LogP contribution in [0.25, 0.3) is 0 Å². The smallest absolute Gasteiger partial charge is 0.236 e. The summed E-state index contributed by atoms with van der Waals surface area (Å²) in [5.41, 5.74) is 0.585. The van der Waals surface area contributed by atoms with E-state index in [0.717, 1.165) is 18.6 Å². The standard InChI is InChI=1S/C21H26ClN3O4/c1-14(25-15(2)26)10-27-18-8-16(9-18)11-29-21-20(22)19(23-13-24-21)12-28-17-6-4-3-5-7-17/h3-7,13-14,16,18H,8-12H2,1-2H3,(H,25,26)/t14-,16?,18?/m0/s1. The van der Waals surface area contributed by atoms with Crippen molar-refractivity contribution in [3.05, 3.63) is 47.4 Å². The molecule has 3 rings (SSSR count). The van der Waals surface area contributed by atoms with Crippen LogP contribution < -0.4 is 14.8 Å². The molecule has 1 amide bonds. The number of nitrogens with one attached hydrogen (secondary N) is 1. The van der Waals surface area contributed by atoms with Crippen LogP contribution in [0.3, 0.4) is 0 Å². The number of benzene rings is 1. The van der Waals surface area contributed by atoms with Gasteiger partial charge in [-0.25, -0.2) is 9.97 Å². The Kier molecular flexibility index (Phi) is 7.66. The lowest BCUT2D eigenvalue weighted by Gasteiger charge is -2.35. The van der Waals surface area contributed by atoms with Gasteiger partial charge in [0.05, 0.1) is 19.3 Å². The van der Waals surface area contributed by atoms with Gasteiger partial charge in [0.2, 0.25) is 11.8 Å². The second-order valence-corrected chi connectivity index (χ2v) is 7.62. The molecule has 0 bridgehead atoms. The average molecular weight is 420 g/mol. The van der Waals surface area contributed by atoms with Gasteiger partial charge in [-0.15, -0.1) is 0 Å². The molecule has 1 aromatic carbocycles. The van der Waals surface area contributed by atoms with Crippen LogP contribution in [0.2, 0.25) is 5.02 Å². The summed E-state index contributed by atoms with van der Waals surface area (Å²) in [5, 5.41) is 3.18. The summed E-state index contributed by atoms with van der Waals surface area (Å²) in [6, 6.07) is 9.50. The van der Waals surface area contributed by atoms with Crippen molar-refractivity contribution in [2.24, 2.45) is 5.92 Å². The summed E-state index contributed by atoms with van der Waals surface area (Å²) in [6.07, 6.45) is 3.47. The topological polar surface area (TPSA) is 82.6 Å². The zero-order valence-corrected chi connectivity index (χ0v) is 17.4. The lowest BCUT2D eigenvalue weighted by molar-refractivity contribution is -0.120. The summed E-state index contributed by atoms with van der Waals surface area (Å²) < 4.78 is 17.3. The number of amides is 1.